The molecule has 3 N–H and O–H groups in total. The van der Waals surface area contributed by atoms with Crippen molar-refractivity contribution in [3.8, 4) is 0 Å². The van der Waals surface area contributed by atoms with Gasteiger partial charge >= 0.3 is 0 Å². The second-order valence-electron chi connectivity index (χ2n) is 5.60. The highest BCUT2D eigenvalue weighted by Crippen LogP contribution is 2.33. The number of pyridine rings is 1. The summed E-state index contributed by atoms with van der Waals surface area (Å²) in [5, 5.41) is 4.67. The first-order valence-electron chi connectivity index (χ1n) is 7.13. The Bertz CT molecular complexity index is 588. The van der Waals surface area contributed by atoms with Crippen LogP contribution in [0.5, 0.6) is 0 Å². The number of nitrogens with one attached hydrogen (secondary N) is 1. The molecule has 0 radical (unpaired) electrons. The first-order chi connectivity index (χ1) is 9.22. The van der Waals surface area contributed by atoms with Crippen molar-refractivity contribution >= 4 is 22.3 Å². The quantitative estimate of drug-likeness (QED) is 0.632. The molecule has 1 aliphatic carbocycles. The van der Waals surface area contributed by atoms with Gasteiger partial charge in [-0.2, -0.15) is 0 Å². The van der Waals surface area contributed by atoms with E-state index in [0.29, 0.717) is 0 Å². The maximum Gasteiger partial charge on any atom is 0.0727 e. The van der Waals surface area contributed by atoms with Gasteiger partial charge in [-0.1, -0.05) is 12.8 Å². The second kappa shape index (κ2) is 5.08. The number of aromatic nitrogens is 1. The van der Waals surface area contributed by atoms with Gasteiger partial charge in [0, 0.05) is 29.0 Å². The van der Waals surface area contributed by atoms with Crippen LogP contribution in [0.3, 0.4) is 0 Å². The number of anilines is 2. The lowest BCUT2D eigenvalue weighted by Crippen LogP contribution is -2.03. The molecule has 3 heteroatoms. The summed E-state index contributed by atoms with van der Waals surface area (Å²) in [5.41, 5.74) is 9.88. The molecule has 0 atom stereocenters. The summed E-state index contributed by atoms with van der Waals surface area (Å²) in [5.74, 6) is 1.01. The molecule has 1 heterocycles. The zero-order chi connectivity index (χ0) is 13.2. The van der Waals surface area contributed by atoms with Crippen molar-refractivity contribution in [2.75, 3.05) is 17.6 Å². The maximum absolute atomic E-state index is 5.88. The summed E-state index contributed by atoms with van der Waals surface area (Å²) in [6.07, 6.45) is 5.48. The number of nitrogens with two attached hydrogens (primary N) is 1. The Balaban J connectivity index is 1.77. The summed E-state index contributed by atoms with van der Waals surface area (Å²) in [7, 11) is 0. The van der Waals surface area contributed by atoms with Crippen molar-refractivity contribution in [1.82, 2.24) is 4.98 Å². The van der Waals surface area contributed by atoms with Crippen LogP contribution in [0.4, 0.5) is 11.4 Å². The van der Waals surface area contributed by atoms with Gasteiger partial charge < -0.3 is 11.1 Å². The lowest BCUT2D eigenvalue weighted by molar-refractivity contribution is 0.687. The van der Waals surface area contributed by atoms with E-state index in [9.17, 15) is 0 Å². The molecule has 0 spiro atoms. The molecule has 3 rings (SSSR count). The van der Waals surface area contributed by atoms with Gasteiger partial charge in [0.15, 0.2) is 0 Å². The third-order valence-corrected chi connectivity index (χ3v) is 3.76. The van der Waals surface area contributed by atoms with Crippen LogP contribution in [0, 0.1) is 12.8 Å². The Morgan fingerprint density at radius 3 is 2.95 bits per heavy atom. The van der Waals surface area contributed by atoms with Crippen LogP contribution in [0.15, 0.2) is 24.3 Å². The molecule has 0 bridgehead atoms. The van der Waals surface area contributed by atoms with Crippen LogP contribution in [0.2, 0.25) is 0 Å². The van der Waals surface area contributed by atoms with Crippen molar-refractivity contribution in [1.29, 1.82) is 0 Å². The molecule has 1 aromatic carbocycles. The maximum atomic E-state index is 5.88. The molecule has 0 saturated heterocycles. The van der Waals surface area contributed by atoms with E-state index in [1.54, 1.807) is 0 Å². The average Bonchev–Trinajstić information content (AvgIpc) is 3.19. The lowest BCUT2D eigenvalue weighted by Gasteiger charge is -2.11. The Kier molecular flexibility index (Phi) is 3.28. The van der Waals surface area contributed by atoms with Crippen LogP contribution < -0.4 is 11.1 Å². The van der Waals surface area contributed by atoms with Crippen molar-refractivity contribution in [3.63, 3.8) is 0 Å². The van der Waals surface area contributed by atoms with Crippen molar-refractivity contribution in [2.24, 2.45) is 5.92 Å². The Morgan fingerprint density at radius 2 is 2.16 bits per heavy atom. The highest BCUT2D eigenvalue weighted by Gasteiger charge is 2.19. The van der Waals surface area contributed by atoms with Gasteiger partial charge in [0.1, 0.15) is 0 Å². The molecule has 0 amide bonds. The van der Waals surface area contributed by atoms with E-state index < -0.39 is 0 Å². The van der Waals surface area contributed by atoms with Crippen LogP contribution in [-0.2, 0) is 0 Å². The minimum absolute atomic E-state index is 0.791. The van der Waals surface area contributed by atoms with E-state index >= 15 is 0 Å². The molecule has 1 aliphatic rings. The fraction of sp³-hybridized carbons (Fsp3) is 0.438. The lowest BCUT2D eigenvalue weighted by atomic mass is 10.1. The van der Waals surface area contributed by atoms with Gasteiger partial charge in [-0.3, -0.25) is 4.98 Å². The van der Waals surface area contributed by atoms with Crippen molar-refractivity contribution in [3.05, 3.63) is 30.0 Å². The number of aryl methyl sites for hydroxylation is 1. The third kappa shape index (κ3) is 2.98. The fourth-order valence-corrected chi connectivity index (χ4v) is 2.54. The Hall–Kier alpha value is -1.77. The molecule has 0 unspecified atom stereocenters. The third-order valence-electron chi connectivity index (χ3n) is 3.76. The zero-order valence-electron chi connectivity index (χ0n) is 11.4. The van der Waals surface area contributed by atoms with E-state index in [1.807, 2.05) is 25.1 Å². The van der Waals surface area contributed by atoms with E-state index in [-0.39, 0.29) is 0 Å². The van der Waals surface area contributed by atoms with Gasteiger partial charge in [0.2, 0.25) is 0 Å². The molecule has 1 aromatic heterocycles. The number of fused-ring (bicyclic) bond motifs is 1. The van der Waals surface area contributed by atoms with E-state index in [1.165, 1.54) is 25.7 Å². The van der Waals surface area contributed by atoms with Crippen LogP contribution >= 0.6 is 0 Å². The van der Waals surface area contributed by atoms with Gasteiger partial charge in [-0.25, -0.2) is 0 Å². The monoisotopic (exact) mass is 255 g/mol. The van der Waals surface area contributed by atoms with Gasteiger partial charge in [-0.15, -0.1) is 0 Å². The number of hydrogen-bond acceptors (Lipinski definition) is 3. The topological polar surface area (TPSA) is 50.9 Å². The highest BCUT2D eigenvalue weighted by atomic mass is 14.9. The van der Waals surface area contributed by atoms with E-state index in [4.69, 9.17) is 5.73 Å². The number of hydrogen-bond donors (Lipinski definition) is 2. The smallest absolute Gasteiger partial charge is 0.0727 e. The summed E-state index contributed by atoms with van der Waals surface area (Å²) in [4.78, 5) is 4.55. The minimum Gasteiger partial charge on any atom is -0.399 e. The standard InChI is InChI=1S/C16H21N3/c1-11-9-16(18-8-2-3-12-4-5-12)14-10-13(17)6-7-15(14)19-11/h6-7,9-10,12H,2-5,8,17H2,1H3,(H,18,19). The molecule has 2 aromatic rings. The predicted octanol–water partition coefficient (Wildman–Crippen LogP) is 3.73. The summed E-state index contributed by atoms with van der Waals surface area (Å²) < 4.78 is 0. The molecule has 1 fully saturated rings. The molecule has 19 heavy (non-hydrogen) atoms. The van der Waals surface area contributed by atoms with Crippen LogP contribution in [-0.4, -0.2) is 11.5 Å². The molecule has 0 aliphatic heterocycles. The summed E-state index contributed by atoms with van der Waals surface area (Å²) in [6, 6.07) is 8.02. The number of nitrogen functional groups attached to an aromatic ring is 1. The molecule has 3 nitrogen and oxygen atoms in total. The summed E-state index contributed by atoms with van der Waals surface area (Å²) in [6.45, 7) is 3.06. The van der Waals surface area contributed by atoms with Gasteiger partial charge in [-0.05, 0) is 49.9 Å². The number of nitrogens with zero attached hydrogens (tertiary/aromatic N) is 1. The average molecular weight is 255 g/mol. The second-order valence-corrected chi connectivity index (χ2v) is 5.60. The minimum atomic E-state index is 0.791. The van der Waals surface area contributed by atoms with Crippen LogP contribution in [0.25, 0.3) is 10.9 Å². The number of benzene rings is 1. The highest BCUT2D eigenvalue weighted by molar-refractivity contribution is 5.93. The Morgan fingerprint density at radius 1 is 1.32 bits per heavy atom. The first kappa shape index (κ1) is 12.3. The molecule has 1 saturated carbocycles. The van der Waals surface area contributed by atoms with Gasteiger partial charge in [0.25, 0.3) is 0 Å². The number of rotatable bonds is 5. The SMILES string of the molecule is Cc1cc(NCCCC2CC2)c2cc(N)ccc2n1. The summed E-state index contributed by atoms with van der Waals surface area (Å²) >= 11 is 0. The van der Waals surface area contributed by atoms with Crippen molar-refractivity contribution < 1.29 is 0 Å². The fourth-order valence-electron chi connectivity index (χ4n) is 2.54. The first-order valence-corrected chi connectivity index (χ1v) is 7.13. The predicted molar refractivity (Wildman–Crippen MR) is 81.3 cm³/mol. The molecular formula is C16H21N3. The Labute approximate surface area is 114 Å². The van der Waals surface area contributed by atoms with Gasteiger partial charge in [0.05, 0.1) is 5.52 Å². The largest absolute Gasteiger partial charge is 0.399 e. The van der Waals surface area contributed by atoms with Crippen molar-refractivity contribution in [2.45, 2.75) is 32.6 Å². The molecule has 100 valence electrons. The van der Waals surface area contributed by atoms with E-state index in [0.717, 1.165) is 40.4 Å². The van der Waals surface area contributed by atoms with E-state index in [2.05, 4.69) is 16.4 Å². The molecular weight excluding hydrogens is 234 g/mol. The zero-order valence-corrected chi connectivity index (χ0v) is 11.4. The normalized spacial score (nSPS) is 14.8. The van der Waals surface area contributed by atoms with Crippen LogP contribution in [0.1, 0.15) is 31.4 Å².